The summed E-state index contributed by atoms with van der Waals surface area (Å²) in [6.07, 6.45) is 3.25. The maximum atomic E-state index is 12.5. The van der Waals surface area contributed by atoms with Gasteiger partial charge in [0.05, 0.1) is 0 Å². The summed E-state index contributed by atoms with van der Waals surface area (Å²) in [5.41, 5.74) is 1.41. The highest BCUT2D eigenvalue weighted by Crippen LogP contribution is 2.14. The van der Waals surface area contributed by atoms with E-state index in [1.807, 2.05) is 23.1 Å². The van der Waals surface area contributed by atoms with E-state index in [1.54, 1.807) is 12.3 Å². The minimum absolute atomic E-state index is 0.122. The summed E-state index contributed by atoms with van der Waals surface area (Å²) in [7, 11) is 0. The Morgan fingerprint density at radius 3 is 2.46 bits per heavy atom. The van der Waals surface area contributed by atoms with E-state index in [9.17, 15) is 9.59 Å². The van der Waals surface area contributed by atoms with E-state index in [2.05, 4.69) is 28.9 Å². The lowest BCUT2D eigenvalue weighted by atomic mass is 10.1. The average Bonchev–Trinajstić information content (AvgIpc) is 2.64. The molecule has 2 saturated heterocycles. The third kappa shape index (κ3) is 4.17. The molecular weight excluding hydrogens is 348 g/mol. The van der Waals surface area contributed by atoms with Gasteiger partial charge in [0.15, 0.2) is 5.11 Å². The van der Waals surface area contributed by atoms with Crippen molar-refractivity contribution >= 4 is 29.1 Å². The number of carbonyl (C=O) groups excluding carboxylic acids is 2. The van der Waals surface area contributed by atoms with Crippen LogP contribution in [0, 0.1) is 0 Å². The van der Waals surface area contributed by atoms with Crippen molar-refractivity contribution in [3.63, 3.8) is 0 Å². The van der Waals surface area contributed by atoms with Crippen LogP contribution in [0.4, 0.5) is 0 Å². The molecule has 2 amide bonds. The topological polar surface area (TPSA) is 55.9 Å². The Morgan fingerprint density at radius 1 is 1.12 bits per heavy atom. The number of benzene rings is 1. The minimum atomic E-state index is -0.438. The highest BCUT2D eigenvalue weighted by molar-refractivity contribution is 7.80. The number of nitrogens with one attached hydrogen (secondary N) is 1. The third-order valence-electron chi connectivity index (χ3n) is 4.47. The van der Waals surface area contributed by atoms with Crippen LogP contribution in [0.25, 0.3) is 0 Å². The maximum absolute atomic E-state index is 12.5. The van der Waals surface area contributed by atoms with Gasteiger partial charge in [0.25, 0.3) is 11.8 Å². The van der Waals surface area contributed by atoms with Crippen LogP contribution < -0.4 is 5.32 Å². The normalized spacial score (nSPS) is 20.5. The van der Waals surface area contributed by atoms with Gasteiger partial charge < -0.3 is 4.90 Å². The second kappa shape index (κ2) is 8.25. The second-order valence-electron chi connectivity index (χ2n) is 6.30. The number of piperazine rings is 1. The lowest BCUT2D eigenvalue weighted by Crippen LogP contribution is -2.54. The SMILES string of the molecule is C=CCN1C(=O)/C(=C\N2CCN(Cc3ccccc3)CC2)C(=O)NC1=S. The van der Waals surface area contributed by atoms with Gasteiger partial charge in [0, 0.05) is 45.5 Å². The minimum Gasteiger partial charge on any atom is -0.374 e. The molecular formula is C19H22N4O2S. The highest BCUT2D eigenvalue weighted by atomic mass is 32.1. The quantitative estimate of drug-likeness (QED) is 0.364. The van der Waals surface area contributed by atoms with Crippen molar-refractivity contribution in [2.75, 3.05) is 32.7 Å². The molecule has 0 unspecified atom stereocenters. The largest absolute Gasteiger partial charge is 0.374 e. The summed E-state index contributed by atoms with van der Waals surface area (Å²) < 4.78 is 0. The Kier molecular flexibility index (Phi) is 5.80. The summed E-state index contributed by atoms with van der Waals surface area (Å²) >= 11 is 5.06. The van der Waals surface area contributed by atoms with Crippen LogP contribution in [0.1, 0.15) is 5.56 Å². The first-order valence-corrected chi connectivity index (χ1v) is 8.99. The van der Waals surface area contributed by atoms with Crippen molar-refractivity contribution in [2.45, 2.75) is 6.54 Å². The van der Waals surface area contributed by atoms with E-state index in [4.69, 9.17) is 12.2 Å². The molecule has 2 fully saturated rings. The molecule has 0 aliphatic carbocycles. The molecule has 136 valence electrons. The fourth-order valence-electron chi connectivity index (χ4n) is 3.05. The predicted molar refractivity (Wildman–Crippen MR) is 104 cm³/mol. The first-order chi connectivity index (χ1) is 12.6. The molecule has 1 aromatic rings. The number of nitrogens with zero attached hydrogens (tertiary/aromatic N) is 3. The molecule has 1 aromatic carbocycles. The molecule has 6 nitrogen and oxygen atoms in total. The number of amides is 2. The molecule has 2 aliphatic heterocycles. The molecule has 0 radical (unpaired) electrons. The molecule has 0 bridgehead atoms. The Bertz CT molecular complexity index is 739. The van der Waals surface area contributed by atoms with Crippen LogP contribution in [0.2, 0.25) is 0 Å². The van der Waals surface area contributed by atoms with Gasteiger partial charge in [-0.05, 0) is 17.8 Å². The summed E-state index contributed by atoms with van der Waals surface area (Å²) in [5, 5.41) is 2.70. The van der Waals surface area contributed by atoms with E-state index < -0.39 is 5.91 Å². The van der Waals surface area contributed by atoms with Gasteiger partial charge in [-0.1, -0.05) is 36.4 Å². The number of rotatable bonds is 5. The summed E-state index contributed by atoms with van der Waals surface area (Å²) in [6.45, 7) is 8.10. The van der Waals surface area contributed by atoms with Gasteiger partial charge in [-0.2, -0.15) is 0 Å². The van der Waals surface area contributed by atoms with E-state index in [0.29, 0.717) is 0 Å². The third-order valence-corrected chi connectivity index (χ3v) is 4.79. The van der Waals surface area contributed by atoms with Gasteiger partial charge in [-0.3, -0.25) is 24.7 Å². The molecule has 3 rings (SSSR count). The summed E-state index contributed by atoms with van der Waals surface area (Å²) in [4.78, 5) is 30.4. The standard InChI is InChI=1S/C19H22N4O2S/c1-2-8-23-18(25)16(17(24)20-19(23)26)14-22-11-9-21(10-12-22)13-15-6-4-3-5-7-15/h2-7,14H,1,8-13H2,(H,20,24,26)/b16-14-. The highest BCUT2D eigenvalue weighted by Gasteiger charge is 2.33. The molecule has 2 heterocycles. The van der Waals surface area contributed by atoms with Crippen molar-refractivity contribution < 1.29 is 9.59 Å². The molecule has 0 aromatic heterocycles. The second-order valence-corrected chi connectivity index (χ2v) is 6.69. The van der Waals surface area contributed by atoms with E-state index in [1.165, 1.54) is 10.5 Å². The van der Waals surface area contributed by atoms with E-state index in [-0.39, 0.29) is 23.1 Å². The lowest BCUT2D eigenvalue weighted by Gasteiger charge is -2.35. The zero-order valence-electron chi connectivity index (χ0n) is 14.6. The van der Waals surface area contributed by atoms with Crippen LogP contribution in [-0.2, 0) is 16.1 Å². The van der Waals surface area contributed by atoms with E-state index in [0.717, 1.165) is 32.7 Å². The van der Waals surface area contributed by atoms with Crippen molar-refractivity contribution in [1.29, 1.82) is 0 Å². The number of hydrogen-bond acceptors (Lipinski definition) is 5. The van der Waals surface area contributed by atoms with Crippen LogP contribution in [-0.4, -0.2) is 64.4 Å². The monoisotopic (exact) mass is 370 g/mol. The van der Waals surface area contributed by atoms with Crippen LogP contribution in [0.5, 0.6) is 0 Å². The Balaban J connectivity index is 1.61. The number of carbonyl (C=O) groups is 2. The van der Waals surface area contributed by atoms with Crippen molar-refractivity contribution in [1.82, 2.24) is 20.0 Å². The summed E-state index contributed by atoms with van der Waals surface area (Å²) in [5.74, 6) is -0.808. The van der Waals surface area contributed by atoms with E-state index >= 15 is 0 Å². The smallest absolute Gasteiger partial charge is 0.267 e. The molecule has 2 aliphatic rings. The van der Waals surface area contributed by atoms with Crippen molar-refractivity contribution in [3.8, 4) is 0 Å². The number of thiocarbonyl (C=S) groups is 1. The Morgan fingerprint density at radius 2 is 1.81 bits per heavy atom. The number of hydrogen-bond donors (Lipinski definition) is 1. The molecule has 0 atom stereocenters. The zero-order valence-corrected chi connectivity index (χ0v) is 15.4. The van der Waals surface area contributed by atoms with Crippen LogP contribution in [0.15, 0.2) is 54.8 Å². The van der Waals surface area contributed by atoms with Gasteiger partial charge in [-0.15, -0.1) is 6.58 Å². The predicted octanol–water partition coefficient (Wildman–Crippen LogP) is 1.12. The van der Waals surface area contributed by atoms with Gasteiger partial charge >= 0.3 is 0 Å². The molecule has 1 N–H and O–H groups in total. The Hall–Kier alpha value is -2.51. The first kappa shape index (κ1) is 18.3. The van der Waals surface area contributed by atoms with Gasteiger partial charge in [0.1, 0.15) is 5.57 Å². The zero-order chi connectivity index (χ0) is 18.5. The van der Waals surface area contributed by atoms with Gasteiger partial charge in [-0.25, -0.2) is 0 Å². The molecule has 26 heavy (non-hydrogen) atoms. The lowest BCUT2D eigenvalue weighted by molar-refractivity contribution is -0.128. The fourth-order valence-corrected chi connectivity index (χ4v) is 3.30. The Labute approximate surface area is 158 Å². The van der Waals surface area contributed by atoms with Crippen LogP contribution in [0.3, 0.4) is 0 Å². The molecule has 7 heteroatoms. The van der Waals surface area contributed by atoms with Crippen molar-refractivity contribution in [3.05, 3.63) is 60.3 Å². The fraction of sp³-hybridized carbons (Fsp3) is 0.316. The van der Waals surface area contributed by atoms with Crippen LogP contribution >= 0.6 is 12.2 Å². The molecule has 0 spiro atoms. The maximum Gasteiger partial charge on any atom is 0.267 e. The average molecular weight is 370 g/mol. The molecule has 0 saturated carbocycles. The first-order valence-electron chi connectivity index (χ1n) is 8.58. The van der Waals surface area contributed by atoms with Crippen molar-refractivity contribution in [2.24, 2.45) is 0 Å². The summed E-state index contributed by atoms with van der Waals surface area (Å²) in [6, 6.07) is 10.3. The van der Waals surface area contributed by atoms with Gasteiger partial charge in [0.2, 0.25) is 0 Å².